The lowest BCUT2D eigenvalue weighted by Crippen LogP contribution is -2.51. The fourth-order valence-corrected chi connectivity index (χ4v) is 2.44. The molecule has 2 N–H and O–H groups in total. The van der Waals surface area contributed by atoms with Gasteiger partial charge in [-0.25, -0.2) is 0 Å². The normalized spacial score (nSPS) is 18.7. The monoisotopic (exact) mass is 249 g/mol. The van der Waals surface area contributed by atoms with Crippen molar-refractivity contribution in [2.45, 2.75) is 13.0 Å². The summed E-state index contributed by atoms with van der Waals surface area (Å²) in [6.07, 6.45) is 0. The van der Waals surface area contributed by atoms with Crippen LogP contribution >= 0.6 is 0 Å². The summed E-state index contributed by atoms with van der Waals surface area (Å²) in [5.41, 5.74) is 6.91. The van der Waals surface area contributed by atoms with Crippen LogP contribution in [0.25, 0.3) is 0 Å². The number of anilines is 1. The second-order valence-electron chi connectivity index (χ2n) is 4.78. The second-order valence-corrected chi connectivity index (χ2v) is 4.78. The van der Waals surface area contributed by atoms with Crippen LogP contribution in [0.5, 0.6) is 5.75 Å². The third kappa shape index (κ3) is 2.76. The van der Waals surface area contributed by atoms with Gasteiger partial charge >= 0.3 is 0 Å². The van der Waals surface area contributed by atoms with E-state index in [-0.39, 0.29) is 0 Å². The molecule has 1 saturated heterocycles. The SMILES string of the molecule is COc1ccccc1N1CCN([C@H](C)CN)CC1. The molecule has 2 rings (SSSR count). The lowest BCUT2D eigenvalue weighted by Gasteiger charge is -2.39. The molecule has 1 atom stereocenters. The largest absolute Gasteiger partial charge is 0.495 e. The van der Waals surface area contributed by atoms with Gasteiger partial charge in [0, 0.05) is 38.8 Å². The highest BCUT2D eigenvalue weighted by atomic mass is 16.5. The maximum Gasteiger partial charge on any atom is 0.142 e. The Kier molecular flexibility index (Phi) is 4.44. The van der Waals surface area contributed by atoms with Gasteiger partial charge in [-0.05, 0) is 19.1 Å². The van der Waals surface area contributed by atoms with Gasteiger partial charge in [0.25, 0.3) is 0 Å². The maximum atomic E-state index is 5.72. The fraction of sp³-hybridized carbons (Fsp3) is 0.571. The molecule has 1 heterocycles. The van der Waals surface area contributed by atoms with Gasteiger partial charge in [0.05, 0.1) is 12.8 Å². The number of nitrogens with two attached hydrogens (primary N) is 1. The molecule has 0 aliphatic carbocycles. The van der Waals surface area contributed by atoms with Crippen LogP contribution in [0.15, 0.2) is 24.3 Å². The molecule has 0 unspecified atom stereocenters. The molecule has 1 aromatic carbocycles. The quantitative estimate of drug-likeness (QED) is 0.869. The predicted octanol–water partition coefficient (Wildman–Crippen LogP) is 1.16. The van der Waals surface area contributed by atoms with E-state index >= 15 is 0 Å². The van der Waals surface area contributed by atoms with Crippen LogP contribution in [0.3, 0.4) is 0 Å². The fourth-order valence-electron chi connectivity index (χ4n) is 2.44. The van der Waals surface area contributed by atoms with Gasteiger partial charge in [0.15, 0.2) is 0 Å². The van der Waals surface area contributed by atoms with Gasteiger partial charge in [0.1, 0.15) is 5.75 Å². The van der Waals surface area contributed by atoms with E-state index in [2.05, 4.69) is 28.9 Å². The molecule has 100 valence electrons. The Morgan fingerprint density at radius 2 is 1.89 bits per heavy atom. The highest BCUT2D eigenvalue weighted by molar-refractivity contribution is 5.58. The number of rotatable bonds is 4. The van der Waals surface area contributed by atoms with Gasteiger partial charge < -0.3 is 15.4 Å². The summed E-state index contributed by atoms with van der Waals surface area (Å²) in [6, 6.07) is 8.69. The second kappa shape index (κ2) is 6.07. The van der Waals surface area contributed by atoms with E-state index in [1.165, 1.54) is 5.69 Å². The van der Waals surface area contributed by atoms with Crippen LogP contribution in [0.4, 0.5) is 5.69 Å². The maximum absolute atomic E-state index is 5.72. The van der Waals surface area contributed by atoms with E-state index in [1.807, 2.05) is 12.1 Å². The first-order chi connectivity index (χ1) is 8.76. The molecule has 1 aromatic rings. The van der Waals surface area contributed by atoms with Crippen LogP contribution in [-0.4, -0.2) is 50.8 Å². The summed E-state index contributed by atoms with van der Waals surface area (Å²) in [4.78, 5) is 4.84. The Hall–Kier alpha value is -1.26. The molecule has 0 spiro atoms. The van der Waals surface area contributed by atoms with E-state index in [1.54, 1.807) is 7.11 Å². The Bertz CT molecular complexity index is 375. The zero-order chi connectivity index (χ0) is 13.0. The number of benzene rings is 1. The van der Waals surface area contributed by atoms with Gasteiger partial charge in [-0.1, -0.05) is 12.1 Å². The molecular weight excluding hydrogens is 226 g/mol. The standard InChI is InChI=1S/C14H23N3O/c1-12(11-15)16-7-9-17(10-8-16)13-5-3-4-6-14(13)18-2/h3-6,12H,7-11,15H2,1-2H3/t12-/m1/s1. The first-order valence-electron chi connectivity index (χ1n) is 6.58. The summed E-state index contributed by atoms with van der Waals surface area (Å²) in [5.74, 6) is 0.956. The average Bonchev–Trinajstić information content (AvgIpc) is 2.46. The van der Waals surface area contributed by atoms with Crippen molar-refractivity contribution in [3.05, 3.63) is 24.3 Å². The summed E-state index contributed by atoms with van der Waals surface area (Å²) < 4.78 is 5.42. The van der Waals surface area contributed by atoms with Crippen molar-refractivity contribution in [1.29, 1.82) is 0 Å². The summed E-state index contributed by atoms with van der Waals surface area (Å²) in [7, 11) is 1.73. The Balaban J connectivity index is 2.01. The number of ether oxygens (including phenoxy) is 1. The Morgan fingerprint density at radius 3 is 2.50 bits per heavy atom. The molecule has 0 aromatic heterocycles. The summed E-state index contributed by atoms with van der Waals surface area (Å²) in [6.45, 7) is 7.12. The van der Waals surface area contributed by atoms with Crippen LogP contribution in [0.2, 0.25) is 0 Å². The lowest BCUT2D eigenvalue weighted by molar-refractivity contribution is 0.201. The molecular formula is C14H23N3O. The minimum absolute atomic E-state index is 0.477. The van der Waals surface area contributed by atoms with Crippen molar-refractivity contribution in [2.24, 2.45) is 5.73 Å². The molecule has 0 saturated carbocycles. The minimum atomic E-state index is 0.477. The van der Waals surface area contributed by atoms with Gasteiger partial charge in [-0.2, -0.15) is 0 Å². The zero-order valence-electron chi connectivity index (χ0n) is 11.3. The van der Waals surface area contributed by atoms with Crippen molar-refractivity contribution in [1.82, 2.24) is 4.90 Å². The molecule has 0 bridgehead atoms. The molecule has 18 heavy (non-hydrogen) atoms. The van der Waals surface area contributed by atoms with E-state index in [4.69, 9.17) is 10.5 Å². The van der Waals surface area contributed by atoms with E-state index in [9.17, 15) is 0 Å². The third-order valence-electron chi connectivity index (χ3n) is 3.70. The first kappa shape index (κ1) is 13.2. The average molecular weight is 249 g/mol. The number of hydrogen-bond acceptors (Lipinski definition) is 4. The number of nitrogens with zero attached hydrogens (tertiary/aromatic N) is 2. The van der Waals surface area contributed by atoms with Crippen LogP contribution < -0.4 is 15.4 Å². The number of para-hydroxylation sites is 2. The van der Waals surface area contributed by atoms with Gasteiger partial charge in [-0.15, -0.1) is 0 Å². The Morgan fingerprint density at radius 1 is 1.22 bits per heavy atom. The Labute approximate surface area is 109 Å². The number of methoxy groups -OCH3 is 1. The number of hydrogen-bond donors (Lipinski definition) is 1. The van der Waals surface area contributed by atoms with Gasteiger partial charge in [-0.3, -0.25) is 4.90 Å². The smallest absolute Gasteiger partial charge is 0.142 e. The molecule has 1 aliphatic heterocycles. The number of piperazine rings is 1. The van der Waals surface area contributed by atoms with E-state index < -0.39 is 0 Å². The van der Waals surface area contributed by atoms with Crippen molar-refractivity contribution in [2.75, 3.05) is 44.7 Å². The molecule has 4 nitrogen and oxygen atoms in total. The van der Waals surface area contributed by atoms with Crippen LogP contribution in [0.1, 0.15) is 6.92 Å². The van der Waals surface area contributed by atoms with Crippen molar-refractivity contribution in [3.8, 4) is 5.75 Å². The molecule has 1 aliphatic rings. The lowest BCUT2D eigenvalue weighted by atomic mass is 10.2. The topological polar surface area (TPSA) is 41.7 Å². The molecule has 0 radical (unpaired) electrons. The molecule has 1 fully saturated rings. The van der Waals surface area contributed by atoms with Crippen LogP contribution in [-0.2, 0) is 0 Å². The zero-order valence-corrected chi connectivity index (χ0v) is 11.3. The first-order valence-corrected chi connectivity index (χ1v) is 6.58. The van der Waals surface area contributed by atoms with Crippen molar-refractivity contribution >= 4 is 5.69 Å². The third-order valence-corrected chi connectivity index (χ3v) is 3.70. The van der Waals surface area contributed by atoms with Crippen molar-refractivity contribution in [3.63, 3.8) is 0 Å². The molecule has 4 heteroatoms. The van der Waals surface area contributed by atoms with E-state index in [0.29, 0.717) is 6.04 Å². The molecule has 0 amide bonds. The van der Waals surface area contributed by atoms with E-state index in [0.717, 1.165) is 38.5 Å². The minimum Gasteiger partial charge on any atom is -0.495 e. The van der Waals surface area contributed by atoms with Crippen LogP contribution in [0, 0.1) is 0 Å². The van der Waals surface area contributed by atoms with Crippen molar-refractivity contribution < 1.29 is 4.74 Å². The highest BCUT2D eigenvalue weighted by Crippen LogP contribution is 2.28. The summed E-state index contributed by atoms with van der Waals surface area (Å²) in [5, 5.41) is 0. The predicted molar refractivity (Wildman–Crippen MR) is 75.3 cm³/mol. The highest BCUT2D eigenvalue weighted by Gasteiger charge is 2.21. The van der Waals surface area contributed by atoms with Gasteiger partial charge in [0.2, 0.25) is 0 Å². The summed E-state index contributed by atoms with van der Waals surface area (Å²) >= 11 is 0.